The molecule has 0 spiro atoms. The van der Waals surface area contributed by atoms with Gasteiger partial charge in [0, 0.05) is 43.3 Å². The number of benzene rings is 1. The predicted octanol–water partition coefficient (Wildman–Crippen LogP) is 1.82. The van der Waals surface area contributed by atoms with E-state index >= 15 is 0 Å². The van der Waals surface area contributed by atoms with E-state index < -0.39 is 11.9 Å². The Morgan fingerprint density at radius 1 is 1.48 bits per heavy atom. The molecule has 0 saturated carbocycles. The SMILES string of the molecule is CN(Cc1ccon1)C(=O)C[C@@H]1C(=O)NCCN1Cc1c(F)cccc1Cl. The highest BCUT2D eigenvalue weighted by Crippen LogP contribution is 2.23. The van der Waals surface area contributed by atoms with Crippen LogP contribution >= 0.6 is 11.6 Å². The first kappa shape index (κ1) is 19.3. The van der Waals surface area contributed by atoms with Crippen LogP contribution in [0.15, 0.2) is 35.1 Å². The number of carbonyl (C=O) groups excluding carboxylic acids is 2. The van der Waals surface area contributed by atoms with Gasteiger partial charge in [0.2, 0.25) is 11.8 Å². The molecule has 1 saturated heterocycles. The number of piperazine rings is 1. The van der Waals surface area contributed by atoms with Crippen molar-refractivity contribution < 1.29 is 18.5 Å². The Balaban J connectivity index is 1.70. The number of carbonyl (C=O) groups is 2. The number of aromatic nitrogens is 1. The maximum Gasteiger partial charge on any atom is 0.237 e. The van der Waals surface area contributed by atoms with Crippen molar-refractivity contribution in [1.29, 1.82) is 0 Å². The summed E-state index contributed by atoms with van der Waals surface area (Å²) in [5.74, 6) is -0.900. The lowest BCUT2D eigenvalue weighted by atomic mass is 10.1. The van der Waals surface area contributed by atoms with E-state index in [4.69, 9.17) is 16.1 Å². The zero-order valence-corrected chi connectivity index (χ0v) is 15.6. The third kappa shape index (κ3) is 4.64. The first-order valence-electron chi connectivity index (χ1n) is 8.53. The summed E-state index contributed by atoms with van der Waals surface area (Å²) in [7, 11) is 1.63. The van der Waals surface area contributed by atoms with Crippen molar-refractivity contribution in [3.8, 4) is 0 Å². The Morgan fingerprint density at radius 2 is 2.30 bits per heavy atom. The van der Waals surface area contributed by atoms with Gasteiger partial charge in [0.15, 0.2) is 0 Å². The molecular weight excluding hydrogens is 375 g/mol. The normalized spacial score (nSPS) is 17.6. The number of rotatable bonds is 6. The van der Waals surface area contributed by atoms with Gasteiger partial charge in [0.25, 0.3) is 0 Å². The standard InChI is InChI=1S/C18H20ClFN4O3/c1-23(10-12-5-8-27-22-12)17(25)9-16-18(26)21-6-7-24(16)11-13-14(19)3-2-4-15(13)20/h2-5,8,16H,6-7,9-11H2,1H3,(H,21,26)/t16-/m1/s1. The van der Waals surface area contributed by atoms with Crippen LogP contribution in [0, 0.1) is 5.82 Å². The molecule has 27 heavy (non-hydrogen) atoms. The van der Waals surface area contributed by atoms with E-state index in [-0.39, 0.29) is 31.3 Å². The molecule has 0 bridgehead atoms. The van der Waals surface area contributed by atoms with Gasteiger partial charge in [-0.1, -0.05) is 22.8 Å². The molecule has 2 amide bonds. The molecule has 1 N–H and O–H groups in total. The molecule has 144 valence electrons. The van der Waals surface area contributed by atoms with E-state index in [1.165, 1.54) is 23.3 Å². The molecule has 1 aliphatic heterocycles. The first-order valence-corrected chi connectivity index (χ1v) is 8.91. The molecule has 1 fully saturated rings. The van der Waals surface area contributed by atoms with Crippen molar-refractivity contribution in [3.63, 3.8) is 0 Å². The van der Waals surface area contributed by atoms with Crippen molar-refractivity contribution >= 4 is 23.4 Å². The summed E-state index contributed by atoms with van der Waals surface area (Å²) in [5, 5.41) is 6.84. The molecule has 9 heteroatoms. The lowest BCUT2D eigenvalue weighted by Crippen LogP contribution is -2.56. The number of amides is 2. The third-order valence-corrected chi connectivity index (χ3v) is 4.90. The van der Waals surface area contributed by atoms with E-state index in [9.17, 15) is 14.0 Å². The maximum atomic E-state index is 14.1. The molecule has 0 aliphatic carbocycles. The molecule has 3 rings (SSSR count). The van der Waals surface area contributed by atoms with Gasteiger partial charge in [-0.2, -0.15) is 0 Å². The van der Waals surface area contributed by atoms with Gasteiger partial charge < -0.3 is 14.7 Å². The number of hydrogen-bond acceptors (Lipinski definition) is 5. The number of nitrogens with zero attached hydrogens (tertiary/aromatic N) is 3. The zero-order chi connectivity index (χ0) is 19.4. The van der Waals surface area contributed by atoms with Crippen molar-refractivity contribution in [1.82, 2.24) is 20.3 Å². The van der Waals surface area contributed by atoms with Crippen LogP contribution in [0.1, 0.15) is 17.7 Å². The fraction of sp³-hybridized carbons (Fsp3) is 0.389. The molecule has 2 heterocycles. The van der Waals surface area contributed by atoms with Gasteiger partial charge in [-0.3, -0.25) is 14.5 Å². The van der Waals surface area contributed by atoms with Crippen molar-refractivity contribution in [2.24, 2.45) is 0 Å². The van der Waals surface area contributed by atoms with E-state index in [1.807, 2.05) is 0 Å². The zero-order valence-electron chi connectivity index (χ0n) is 14.8. The van der Waals surface area contributed by atoms with E-state index in [0.29, 0.717) is 29.4 Å². The van der Waals surface area contributed by atoms with E-state index in [0.717, 1.165) is 0 Å². The second kappa shape index (κ2) is 8.49. The Labute approximate surface area is 161 Å². The lowest BCUT2D eigenvalue weighted by Gasteiger charge is -2.35. The summed E-state index contributed by atoms with van der Waals surface area (Å²) in [6.07, 6.45) is 1.41. The van der Waals surface area contributed by atoms with Crippen LogP contribution in [0.3, 0.4) is 0 Å². The first-order chi connectivity index (χ1) is 13.0. The van der Waals surface area contributed by atoms with Gasteiger partial charge in [0.1, 0.15) is 17.8 Å². The predicted molar refractivity (Wildman–Crippen MR) is 96.2 cm³/mol. The highest BCUT2D eigenvalue weighted by atomic mass is 35.5. The minimum Gasteiger partial charge on any atom is -0.364 e. The van der Waals surface area contributed by atoms with Gasteiger partial charge in [-0.05, 0) is 12.1 Å². The topological polar surface area (TPSA) is 78.7 Å². The monoisotopic (exact) mass is 394 g/mol. The third-order valence-electron chi connectivity index (χ3n) is 4.55. The second-order valence-electron chi connectivity index (χ2n) is 6.42. The Morgan fingerprint density at radius 3 is 3.00 bits per heavy atom. The van der Waals surface area contributed by atoms with Crippen molar-refractivity contribution in [2.45, 2.75) is 25.6 Å². The maximum absolute atomic E-state index is 14.1. The average Bonchev–Trinajstić information content (AvgIpc) is 3.13. The fourth-order valence-corrected chi connectivity index (χ4v) is 3.25. The van der Waals surface area contributed by atoms with Crippen molar-refractivity contribution in [3.05, 3.63) is 52.6 Å². The summed E-state index contributed by atoms with van der Waals surface area (Å²) in [6.45, 7) is 1.37. The van der Waals surface area contributed by atoms with E-state index in [2.05, 4.69) is 10.5 Å². The summed E-state index contributed by atoms with van der Waals surface area (Å²) >= 11 is 6.11. The molecule has 0 radical (unpaired) electrons. The molecule has 1 aromatic carbocycles. The van der Waals surface area contributed by atoms with Gasteiger partial charge in [0.05, 0.1) is 19.0 Å². The summed E-state index contributed by atoms with van der Waals surface area (Å²) in [6, 6.07) is 5.45. The Kier molecular flexibility index (Phi) is 6.08. The van der Waals surface area contributed by atoms with Gasteiger partial charge in [-0.25, -0.2) is 4.39 Å². The average molecular weight is 395 g/mol. The van der Waals surface area contributed by atoms with Crippen LogP contribution in [-0.4, -0.2) is 52.9 Å². The number of halogens is 2. The van der Waals surface area contributed by atoms with Crippen LogP contribution in [0.2, 0.25) is 5.02 Å². The second-order valence-corrected chi connectivity index (χ2v) is 6.83. The minimum absolute atomic E-state index is 0.0216. The van der Waals surface area contributed by atoms with Crippen LogP contribution in [-0.2, 0) is 22.7 Å². The highest BCUT2D eigenvalue weighted by molar-refractivity contribution is 6.31. The molecule has 1 atom stereocenters. The van der Waals surface area contributed by atoms with Crippen LogP contribution in [0.4, 0.5) is 4.39 Å². The summed E-state index contributed by atoms with van der Waals surface area (Å²) < 4.78 is 18.9. The molecular formula is C18H20ClFN4O3. The summed E-state index contributed by atoms with van der Waals surface area (Å²) in [4.78, 5) is 28.2. The van der Waals surface area contributed by atoms with Gasteiger partial charge >= 0.3 is 0 Å². The van der Waals surface area contributed by atoms with Crippen molar-refractivity contribution in [2.75, 3.05) is 20.1 Å². The van der Waals surface area contributed by atoms with Crippen LogP contribution in [0.25, 0.3) is 0 Å². The smallest absolute Gasteiger partial charge is 0.237 e. The Bertz CT molecular complexity index is 795. The molecule has 2 aromatic rings. The molecule has 1 aromatic heterocycles. The summed E-state index contributed by atoms with van der Waals surface area (Å²) in [5.41, 5.74) is 0.941. The van der Waals surface area contributed by atoms with Crippen LogP contribution < -0.4 is 5.32 Å². The minimum atomic E-state index is -0.693. The number of nitrogens with one attached hydrogen (secondary N) is 1. The number of hydrogen-bond donors (Lipinski definition) is 1. The largest absolute Gasteiger partial charge is 0.364 e. The van der Waals surface area contributed by atoms with E-state index in [1.54, 1.807) is 24.1 Å². The Hall–Kier alpha value is -2.45. The fourth-order valence-electron chi connectivity index (χ4n) is 3.03. The van der Waals surface area contributed by atoms with Gasteiger partial charge in [-0.15, -0.1) is 0 Å². The molecule has 1 aliphatic rings. The van der Waals surface area contributed by atoms with Crippen LogP contribution in [0.5, 0.6) is 0 Å². The molecule has 0 unspecified atom stereocenters. The quantitative estimate of drug-likeness (QED) is 0.808. The highest BCUT2D eigenvalue weighted by Gasteiger charge is 2.33. The molecule has 7 nitrogen and oxygen atoms in total. The lowest BCUT2D eigenvalue weighted by molar-refractivity contribution is -0.138.